The molecule has 4 heterocycles. The van der Waals surface area contributed by atoms with E-state index in [2.05, 4.69) is 13.2 Å². The molecule has 0 aromatic rings. The Hall–Kier alpha value is -1.47. The summed E-state index contributed by atoms with van der Waals surface area (Å²) in [5, 5.41) is 9.82. The molecule has 0 radical (unpaired) electrons. The van der Waals surface area contributed by atoms with Crippen LogP contribution in [0.5, 0.6) is 0 Å². The molecule has 1 N–H and O–H groups in total. The van der Waals surface area contributed by atoms with Gasteiger partial charge in [-0.05, 0) is 31.3 Å². The van der Waals surface area contributed by atoms with Crippen molar-refractivity contribution >= 4 is 5.97 Å². The first-order valence-electron chi connectivity index (χ1n) is 12.2. The lowest BCUT2D eigenvalue weighted by atomic mass is 9.59. The van der Waals surface area contributed by atoms with Crippen LogP contribution < -0.4 is 0 Å². The molecule has 0 amide bonds. The Bertz CT molecular complexity index is 898. The predicted octanol–water partition coefficient (Wildman–Crippen LogP) is 4.36. The normalized spacial score (nSPS) is 55.6. The van der Waals surface area contributed by atoms with Crippen LogP contribution in [-0.4, -0.2) is 46.1 Å². The summed E-state index contributed by atoms with van der Waals surface area (Å²) in [6.45, 7) is 11.5. The number of fused-ring (bicyclic) bond motifs is 3. The van der Waals surface area contributed by atoms with Crippen LogP contribution in [0.4, 0.5) is 0 Å². The van der Waals surface area contributed by atoms with Crippen LogP contribution in [0.15, 0.2) is 37.5 Å². The number of rotatable bonds is 5. The Balaban J connectivity index is 0.000000138. The van der Waals surface area contributed by atoms with Gasteiger partial charge in [0.15, 0.2) is 5.60 Å². The van der Waals surface area contributed by atoms with E-state index in [-0.39, 0.29) is 41.0 Å². The minimum absolute atomic E-state index is 0.0133. The van der Waals surface area contributed by atoms with Crippen LogP contribution in [0, 0.1) is 23.2 Å². The molecule has 7 rings (SSSR count). The van der Waals surface area contributed by atoms with Crippen molar-refractivity contribution in [2.75, 3.05) is 0 Å². The number of ether oxygens (including phenoxy) is 4. The predicted molar refractivity (Wildman–Crippen MR) is 117 cm³/mol. The third-order valence-corrected chi connectivity index (χ3v) is 9.61. The molecule has 0 spiro atoms. The van der Waals surface area contributed by atoms with Gasteiger partial charge in [0.1, 0.15) is 17.8 Å². The summed E-state index contributed by atoms with van der Waals surface area (Å²) < 4.78 is 22.7. The van der Waals surface area contributed by atoms with Gasteiger partial charge in [-0.25, -0.2) is 0 Å². The van der Waals surface area contributed by atoms with Gasteiger partial charge in [0.05, 0.1) is 5.41 Å². The summed E-state index contributed by atoms with van der Waals surface area (Å²) in [6.07, 6.45) is 16.2. The minimum Gasteiger partial charge on any atom is -0.481 e. The molecule has 6 nitrogen and oxygen atoms in total. The summed E-state index contributed by atoms with van der Waals surface area (Å²) in [6, 6.07) is 0. The molecule has 0 aromatic heterocycles. The molecule has 174 valence electrons. The first kappa shape index (κ1) is 21.1. The summed E-state index contributed by atoms with van der Waals surface area (Å²) in [5.74, 6) is -0.825. The largest absolute Gasteiger partial charge is 0.481 e. The SMILES string of the molecule is C=CC12C=CC3OC3C1(C=C)O2.CC1CC23OC2(O3)C(CC2CCCCC2)C1(C)C(=O)O. The smallest absolute Gasteiger partial charge is 0.310 e. The van der Waals surface area contributed by atoms with Gasteiger partial charge in [-0.15, -0.1) is 0 Å². The van der Waals surface area contributed by atoms with Crippen molar-refractivity contribution in [3.05, 3.63) is 37.5 Å². The van der Waals surface area contributed by atoms with Crippen molar-refractivity contribution in [3.8, 4) is 0 Å². The Labute approximate surface area is 189 Å². The van der Waals surface area contributed by atoms with Gasteiger partial charge in [-0.3, -0.25) is 4.79 Å². The number of carboxylic acids is 1. The average Bonchev–Trinajstić information content (AvgIpc) is 3.63. The van der Waals surface area contributed by atoms with E-state index in [0.717, 1.165) is 12.8 Å². The molecule has 32 heavy (non-hydrogen) atoms. The van der Waals surface area contributed by atoms with Crippen LogP contribution in [0.1, 0.15) is 58.8 Å². The first-order chi connectivity index (χ1) is 15.2. The van der Waals surface area contributed by atoms with Crippen LogP contribution >= 0.6 is 0 Å². The topological polar surface area (TPSA) is 87.4 Å². The maximum absolute atomic E-state index is 12.0. The fourth-order valence-electron chi connectivity index (χ4n) is 7.09. The maximum atomic E-state index is 12.0. The van der Waals surface area contributed by atoms with Gasteiger partial charge in [0.2, 0.25) is 11.6 Å². The summed E-state index contributed by atoms with van der Waals surface area (Å²) in [5.41, 5.74) is -1.32. The monoisotopic (exact) mass is 442 g/mol. The lowest BCUT2D eigenvalue weighted by Crippen LogP contribution is -2.48. The first-order valence-corrected chi connectivity index (χ1v) is 12.2. The van der Waals surface area contributed by atoms with Crippen LogP contribution in [-0.2, 0) is 23.7 Å². The second-order valence-electron chi connectivity index (χ2n) is 11.1. The van der Waals surface area contributed by atoms with E-state index in [4.69, 9.17) is 18.9 Å². The lowest BCUT2D eigenvalue weighted by molar-refractivity contribution is -0.164. The fourth-order valence-corrected chi connectivity index (χ4v) is 7.09. The molecular weight excluding hydrogens is 408 g/mol. The Kier molecular flexibility index (Phi) is 4.18. The zero-order valence-corrected chi connectivity index (χ0v) is 19.0. The van der Waals surface area contributed by atoms with Crippen molar-refractivity contribution in [3.63, 3.8) is 0 Å². The Morgan fingerprint density at radius 2 is 1.88 bits per heavy atom. The molecule has 4 saturated heterocycles. The van der Waals surface area contributed by atoms with Gasteiger partial charge in [-0.1, -0.05) is 70.4 Å². The third kappa shape index (κ3) is 2.47. The van der Waals surface area contributed by atoms with Crippen molar-refractivity contribution in [1.82, 2.24) is 0 Å². The standard InChI is InChI=1S/C16H24O4.C10H10O2/c1-10-9-15-16(19-15,20-15)12(14(10,2)13(17)18)8-11-6-4-3-5-7-11;1-3-9-6-5-7-8(11-7)10(9,4-2)12-9/h10-12H,3-9H2,1-2H3,(H,17,18);3-8H,1-2H2. The molecular formula is C26H34O6. The molecule has 6 heteroatoms. The highest BCUT2D eigenvalue weighted by Gasteiger charge is 2.97. The minimum atomic E-state index is -0.714. The zero-order chi connectivity index (χ0) is 22.6. The van der Waals surface area contributed by atoms with E-state index in [1.165, 1.54) is 32.1 Å². The molecule has 7 atom stereocenters. The lowest BCUT2D eigenvalue weighted by Gasteiger charge is -2.41. The van der Waals surface area contributed by atoms with E-state index in [0.29, 0.717) is 5.92 Å². The highest BCUT2D eigenvalue weighted by Crippen LogP contribution is 2.81. The van der Waals surface area contributed by atoms with Crippen molar-refractivity contribution < 1.29 is 28.8 Å². The second kappa shape index (κ2) is 6.35. The van der Waals surface area contributed by atoms with Crippen LogP contribution in [0.25, 0.3) is 0 Å². The molecule has 0 aromatic carbocycles. The number of epoxide rings is 4. The third-order valence-electron chi connectivity index (χ3n) is 9.61. The van der Waals surface area contributed by atoms with Gasteiger partial charge < -0.3 is 24.1 Å². The van der Waals surface area contributed by atoms with Gasteiger partial charge in [-0.2, -0.15) is 0 Å². The zero-order valence-electron chi connectivity index (χ0n) is 19.0. The summed E-state index contributed by atoms with van der Waals surface area (Å²) in [4.78, 5) is 12.0. The highest BCUT2D eigenvalue weighted by molar-refractivity contribution is 5.76. The van der Waals surface area contributed by atoms with E-state index in [1.807, 2.05) is 38.2 Å². The number of carboxylic acid groups (broad SMARTS) is 1. The van der Waals surface area contributed by atoms with E-state index < -0.39 is 17.2 Å². The number of carbonyl (C=O) groups is 1. The highest BCUT2D eigenvalue weighted by atomic mass is 17.0. The van der Waals surface area contributed by atoms with Crippen molar-refractivity contribution in [1.29, 1.82) is 0 Å². The fraction of sp³-hybridized carbons (Fsp3) is 0.731. The van der Waals surface area contributed by atoms with Gasteiger partial charge in [0, 0.05) is 12.3 Å². The molecule has 7 unspecified atom stereocenters. The van der Waals surface area contributed by atoms with Crippen LogP contribution in [0.2, 0.25) is 0 Å². The maximum Gasteiger partial charge on any atom is 0.310 e. The van der Waals surface area contributed by atoms with Crippen LogP contribution in [0.3, 0.4) is 0 Å². The molecule has 7 aliphatic rings. The van der Waals surface area contributed by atoms with Crippen molar-refractivity contribution in [2.24, 2.45) is 23.2 Å². The second-order valence-corrected chi connectivity index (χ2v) is 11.1. The van der Waals surface area contributed by atoms with Gasteiger partial charge >= 0.3 is 5.97 Å². The molecule has 6 fully saturated rings. The van der Waals surface area contributed by atoms with E-state index >= 15 is 0 Å². The number of hydrogen-bond acceptors (Lipinski definition) is 5. The summed E-state index contributed by atoms with van der Waals surface area (Å²) in [7, 11) is 0. The molecule has 3 aliphatic carbocycles. The summed E-state index contributed by atoms with van der Waals surface area (Å²) >= 11 is 0. The average molecular weight is 443 g/mol. The van der Waals surface area contributed by atoms with E-state index in [1.54, 1.807) is 0 Å². The molecule has 2 saturated carbocycles. The molecule has 4 aliphatic heterocycles. The number of hydrogen-bond donors (Lipinski definition) is 1. The van der Waals surface area contributed by atoms with E-state index in [9.17, 15) is 9.90 Å². The quantitative estimate of drug-likeness (QED) is 0.503. The van der Waals surface area contributed by atoms with Crippen molar-refractivity contribution in [2.45, 2.75) is 93.8 Å². The number of aliphatic carboxylic acids is 1. The Morgan fingerprint density at radius 3 is 2.50 bits per heavy atom. The molecule has 0 bridgehead atoms. The van der Waals surface area contributed by atoms with Gasteiger partial charge in [0.25, 0.3) is 0 Å². The Morgan fingerprint density at radius 1 is 1.16 bits per heavy atom.